The van der Waals surface area contributed by atoms with Crippen molar-refractivity contribution in [2.45, 2.75) is 25.9 Å². The molecule has 3 aromatic rings. The van der Waals surface area contributed by atoms with Crippen LogP contribution in [-0.2, 0) is 16.9 Å². The number of fused-ring (bicyclic) bond motifs is 1. The van der Waals surface area contributed by atoms with Crippen LogP contribution in [0.15, 0.2) is 53.5 Å². The Morgan fingerprint density at radius 3 is 2.50 bits per heavy atom. The van der Waals surface area contributed by atoms with Gasteiger partial charge in [0.1, 0.15) is 11.2 Å². The Hall–Kier alpha value is -4.08. The van der Waals surface area contributed by atoms with Gasteiger partial charge in [-0.2, -0.15) is 0 Å². The van der Waals surface area contributed by atoms with Gasteiger partial charge in [0.15, 0.2) is 0 Å². The van der Waals surface area contributed by atoms with E-state index in [-0.39, 0.29) is 23.5 Å². The molecule has 30 heavy (non-hydrogen) atoms. The van der Waals surface area contributed by atoms with Gasteiger partial charge >= 0.3 is 6.03 Å². The molecule has 4 rings (SSSR count). The summed E-state index contributed by atoms with van der Waals surface area (Å²) in [6.07, 6.45) is 1.66. The Morgan fingerprint density at radius 2 is 1.83 bits per heavy atom. The molecule has 10 heteroatoms. The lowest BCUT2D eigenvalue weighted by molar-refractivity contribution is -0.384. The summed E-state index contributed by atoms with van der Waals surface area (Å²) in [5.41, 5.74) is 0.183. The molecule has 0 aliphatic carbocycles. The first kappa shape index (κ1) is 19.2. The van der Waals surface area contributed by atoms with Gasteiger partial charge in [0, 0.05) is 24.4 Å². The first-order valence-corrected chi connectivity index (χ1v) is 9.07. The van der Waals surface area contributed by atoms with Crippen LogP contribution in [0.3, 0.4) is 0 Å². The minimum atomic E-state index is -1.38. The fourth-order valence-electron chi connectivity index (χ4n) is 3.45. The average molecular weight is 407 g/mol. The molecule has 0 saturated carbocycles. The van der Waals surface area contributed by atoms with Crippen LogP contribution in [0.25, 0.3) is 5.65 Å². The number of imide groups is 1. The van der Waals surface area contributed by atoms with Crippen molar-refractivity contribution in [2.24, 2.45) is 0 Å². The fourth-order valence-corrected chi connectivity index (χ4v) is 3.45. The maximum absolute atomic E-state index is 13.1. The lowest BCUT2D eigenvalue weighted by Crippen LogP contribution is -2.40. The van der Waals surface area contributed by atoms with Crippen LogP contribution in [0.4, 0.5) is 10.5 Å². The van der Waals surface area contributed by atoms with Crippen LogP contribution < -0.4 is 10.9 Å². The van der Waals surface area contributed by atoms with E-state index in [9.17, 15) is 24.5 Å². The normalized spacial score (nSPS) is 18.7. The molecule has 3 amide bonds. The van der Waals surface area contributed by atoms with Crippen molar-refractivity contribution in [2.75, 3.05) is 0 Å². The molecule has 1 aromatic carbocycles. The number of hydrogen-bond acceptors (Lipinski definition) is 6. The predicted octanol–water partition coefficient (Wildman–Crippen LogP) is 1.88. The maximum Gasteiger partial charge on any atom is 0.325 e. The fraction of sp³-hybridized carbons (Fsp3) is 0.200. The van der Waals surface area contributed by atoms with Crippen molar-refractivity contribution in [3.8, 4) is 0 Å². The zero-order valence-corrected chi connectivity index (χ0v) is 16.2. The highest BCUT2D eigenvalue weighted by molar-refractivity contribution is 6.07. The quantitative estimate of drug-likeness (QED) is 0.400. The summed E-state index contributed by atoms with van der Waals surface area (Å²) in [6, 6.07) is 9.57. The third kappa shape index (κ3) is 3.08. The van der Waals surface area contributed by atoms with Crippen LogP contribution in [0, 0.1) is 17.0 Å². The molecule has 0 spiro atoms. The third-order valence-electron chi connectivity index (χ3n) is 5.11. The van der Waals surface area contributed by atoms with Crippen molar-refractivity contribution in [3.05, 3.63) is 86.0 Å². The molecule has 1 unspecified atom stereocenters. The number of aromatic nitrogens is 2. The Bertz CT molecular complexity index is 1270. The summed E-state index contributed by atoms with van der Waals surface area (Å²) in [5.74, 6) is -0.535. The number of aryl methyl sites for hydroxylation is 1. The van der Waals surface area contributed by atoms with E-state index in [4.69, 9.17) is 0 Å². The van der Waals surface area contributed by atoms with Crippen LogP contribution in [0.1, 0.15) is 23.7 Å². The van der Waals surface area contributed by atoms with Gasteiger partial charge < -0.3 is 5.32 Å². The molecule has 152 valence electrons. The van der Waals surface area contributed by atoms with E-state index < -0.39 is 22.4 Å². The molecule has 0 radical (unpaired) electrons. The van der Waals surface area contributed by atoms with Gasteiger partial charge in [-0.15, -0.1) is 0 Å². The summed E-state index contributed by atoms with van der Waals surface area (Å²) in [5, 5.41) is 13.5. The van der Waals surface area contributed by atoms with Crippen molar-refractivity contribution in [1.82, 2.24) is 19.6 Å². The number of rotatable bonds is 4. The maximum atomic E-state index is 13.1. The number of nitrogens with zero attached hydrogens (tertiary/aromatic N) is 4. The number of nitrogens with one attached hydrogen (secondary N) is 1. The number of carbonyl (C=O) groups excluding carboxylic acids is 2. The smallest absolute Gasteiger partial charge is 0.319 e. The highest BCUT2D eigenvalue weighted by Crippen LogP contribution is 2.30. The van der Waals surface area contributed by atoms with E-state index in [1.54, 1.807) is 12.3 Å². The summed E-state index contributed by atoms with van der Waals surface area (Å²) in [6.45, 7) is 3.21. The second kappa shape index (κ2) is 6.76. The molecular weight excluding hydrogens is 390 g/mol. The number of benzene rings is 1. The second-order valence-corrected chi connectivity index (χ2v) is 7.27. The number of nitro groups is 1. The highest BCUT2D eigenvalue weighted by atomic mass is 16.6. The lowest BCUT2D eigenvalue weighted by atomic mass is 9.92. The Morgan fingerprint density at radius 1 is 1.13 bits per heavy atom. The Kier molecular flexibility index (Phi) is 4.34. The summed E-state index contributed by atoms with van der Waals surface area (Å²) < 4.78 is 1.39. The van der Waals surface area contributed by atoms with Gasteiger partial charge in [-0.3, -0.25) is 29.0 Å². The van der Waals surface area contributed by atoms with Crippen molar-refractivity contribution in [1.29, 1.82) is 0 Å². The molecule has 1 N–H and O–H groups in total. The number of carbonyl (C=O) groups is 2. The molecule has 3 heterocycles. The molecule has 2 aromatic heterocycles. The zero-order valence-electron chi connectivity index (χ0n) is 16.2. The summed E-state index contributed by atoms with van der Waals surface area (Å²) >= 11 is 0. The van der Waals surface area contributed by atoms with Crippen molar-refractivity contribution in [3.63, 3.8) is 0 Å². The number of non-ortho nitro benzene ring substituents is 1. The van der Waals surface area contributed by atoms with Crippen LogP contribution in [-0.4, -0.2) is 31.1 Å². The van der Waals surface area contributed by atoms with Gasteiger partial charge in [-0.1, -0.05) is 6.07 Å². The van der Waals surface area contributed by atoms with Crippen LogP contribution in [0.5, 0.6) is 0 Å². The number of pyridine rings is 1. The predicted molar refractivity (Wildman–Crippen MR) is 106 cm³/mol. The molecule has 0 bridgehead atoms. The van der Waals surface area contributed by atoms with Gasteiger partial charge in [-0.05, 0) is 43.2 Å². The van der Waals surface area contributed by atoms with E-state index in [0.29, 0.717) is 11.2 Å². The minimum Gasteiger partial charge on any atom is -0.319 e. The topological polar surface area (TPSA) is 127 Å². The van der Waals surface area contributed by atoms with Gasteiger partial charge in [-0.25, -0.2) is 9.78 Å². The molecule has 10 nitrogen and oxygen atoms in total. The standard InChI is InChI=1S/C20H17N5O5/c1-12-3-8-16-21-14(9-17(26)23(16)10-12)11-24-18(27)20(2,22-19(24)28)13-4-6-15(7-5-13)25(29)30/h3-10H,11H2,1-2H3,(H,22,28). The molecule has 1 saturated heterocycles. The molecule has 1 fully saturated rings. The van der Waals surface area contributed by atoms with E-state index in [1.165, 1.54) is 41.7 Å². The first-order chi connectivity index (χ1) is 14.2. The van der Waals surface area contributed by atoms with Crippen molar-refractivity contribution < 1.29 is 14.5 Å². The number of urea groups is 1. The SMILES string of the molecule is Cc1ccc2nc(CN3C(=O)NC(C)(c4ccc([N+](=O)[O-])cc4)C3=O)cc(=O)n2c1. The average Bonchev–Trinajstić information content (AvgIpc) is 2.93. The van der Waals surface area contributed by atoms with Crippen LogP contribution >= 0.6 is 0 Å². The molecule has 1 aliphatic rings. The minimum absolute atomic E-state index is 0.118. The largest absolute Gasteiger partial charge is 0.325 e. The molecule has 1 atom stereocenters. The number of amides is 3. The van der Waals surface area contributed by atoms with Crippen molar-refractivity contribution >= 4 is 23.3 Å². The van der Waals surface area contributed by atoms with E-state index in [1.807, 2.05) is 13.0 Å². The Labute approximate surface area is 169 Å². The van der Waals surface area contributed by atoms with E-state index >= 15 is 0 Å². The lowest BCUT2D eigenvalue weighted by Gasteiger charge is -2.22. The number of hydrogen-bond donors (Lipinski definition) is 1. The van der Waals surface area contributed by atoms with Crippen LogP contribution in [0.2, 0.25) is 0 Å². The zero-order chi connectivity index (χ0) is 21.6. The van der Waals surface area contributed by atoms with Gasteiger partial charge in [0.25, 0.3) is 17.2 Å². The Balaban J connectivity index is 1.64. The third-order valence-corrected chi connectivity index (χ3v) is 5.11. The summed E-state index contributed by atoms with van der Waals surface area (Å²) in [4.78, 5) is 53.6. The van der Waals surface area contributed by atoms with Gasteiger partial charge in [0.05, 0.1) is 17.2 Å². The highest BCUT2D eigenvalue weighted by Gasteiger charge is 2.49. The second-order valence-electron chi connectivity index (χ2n) is 7.27. The van der Waals surface area contributed by atoms with E-state index in [0.717, 1.165) is 10.5 Å². The molecular formula is C20H17N5O5. The first-order valence-electron chi connectivity index (χ1n) is 9.07. The van der Waals surface area contributed by atoms with E-state index in [2.05, 4.69) is 10.3 Å². The number of nitro benzene ring substituents is 1. The summed E-state index contributed by atoms with van der Waals surface area (Å²) in [7, 11) is 0. The molecule has 1 aliphatic heterocycles. The monoisotopic (exact) mass is 407 g/mol. The van der Waals surface area contributed by atoms with Gasteiger partial charge in [0.2, 0.25) is 0 Å².